The molecular weight excluding hydrogens is 496 g/mol. The number of rotatable bonds is 10. The molecule has 0 bridgehead atoms. The summed E-state index contributed by atoms with van der Waals surface area (Å²) in [6.07, 6.45) is 3.62. The molecule has 10 heteroatoms. The number of hydrogen-bond donors (Lipinski definition) is 3. The first kappa shape index (κ1) is 27.6. The van der Waals surface area contributed by atoms with Gasteiger partial charge in [0.25, 0.3) is 5.91 Å². The number of anilines is 2. The lowest BCUT2D eigenvalue weighted by Gasteiger charge is -2.33. The van der Waals surface area contributed by atoms with Crippen LogP contribution in [0.3, 0.4) is 0 Å². The third-order valence-electron chi connectivity index (χ3n) is 6.62. The Hall–Kier alpha value is -4.47. The highest BCUT2D eigenvalue weighted by molar-refractivity contribution is 5.95. The van der Waals surface area contributed by atoms with Crippen molar-refractivity contribution in [3.05, 3.63) is 66.5 Å². The Kier molecular flexibility index (Phi) is 9.44. The molecule has 204 valence electrons. The Morgan fingerprint density at radius 2 is 1.74 bits per heavy atom. The molecule has 2 aromatic carbocycles. The second-order valence-electron chi connectivity index (χ2n) is 9.30. The summed E-state index contributed by atoms with van der Waals surface area (Å²) in [5, 5.41) is 8.51. The average Bonchev–Trinajstić information content (AvgIpc) is 2.99. The minimum absolute atomic E-state index is 0.0330. The lowest BCUT2D eigenvalue weighted by molar-refractivity contribution is -0.125. The number of benzene rings is 2. The molecule has 0 saturated carbocycles. The van der Waals surface area contributed by atoms with Crippen molar-refractivity contribution in [3.63, 3.8) is 0 Å². The van der Waals surface area contributed by atoms with Gasteiger partial charge in [-0.25, -0.2) is 9.97 Å². The van der Waals surface area contributed by atoms with Crippen molar-refractivity contribution in [2.24, 2.45) is 5.92 Å². The molecular formula is C29H34N6O4. The maximum atomic E-state index is 12.9. The first-order valence-electron chi connectivity index (χ1n) is 13.1. The largest absolute Gasteiger partial charge is 0.497 e. The summed E-state index contributed by atoms with van der Waals surface area (Å²) in [6, 6.07) is 16.3. The number of aromatic nitrogens is 2. The van der Waals surface area contributed by atoms with Gasteiger partial charge in [0.05, 0.1) is 18.7 Å². The Bertz CT molecular complexity index is 1280. The third-order valence-corrected chi connectivity index (χ3v) is 6.62. The van der Waals surface area contributed by atoms with Crippen molar-refractivity contribution >= 4 is 29.2 Å². The average molecular weight is 531 g/mol. The van der Waals surface area contributed by atoms with Crippen LogP contribution >= 0.6 is 0 Å². The standard InChI is InChI=1S/C29H34N6O4/c1-3-27(36)34-23-10-6-21(7-11-23)28(37)30-14-15-31-29(38)22-5-4-16-35(18-22)26-17-25(32-19-33-26)20-8-12-24(39-2)13-9-20/h6-13,17,19,22H,3-5,14-16,18H2,1-2H3,(H,30,37)(H,31,38)(H,34,36). The van der Waals surface area contributed by atoms with Crippen molar-refractivity contribution in [3.8, 4) is 17.0 Å². The Morgan fingerprint density at radius 1 is 1.00 bits per heavy atom. The van der Waals surface area contributed by atoms with Gasteiger partial charge in [0.1, 0.15) is 17.9 Å². The zero-order valence-electron chi connectivity index (χ0n) is 22.3. The van der Waals surface area contributed by atoms with Gasteiger partial charge in [-0.2, -0.15) is 0 Å². The highest BCUT2D eigenvalue weighted by atomic mass is 16.5. The van der Waals surface area contributed by atoms with Gasteiger partial charge in [-0.15, -0.1) is 0 Å². The van der Waals surface area contributed by atoms with Crippen molar-refractivity contribution < 1.29 is 19.1 Å². The number of hydrogen-bond acceptors (Lipinski definition) is 7. The molecule has 1 atom stereocenters. The molecule has 39 heavy (non-hydrogen) atoms. The quantitative estimate of drug-likeness (QED) is 0.344. The number of carbonyl (C=O) groups is 3. The molecule has 0 aliphatic carbocycles. The molecule has 1 aliphatic rings. The second-order valence-corrected chi connectivity index (χ2v) is 9.30. The molecule has 3 N–H and O–H groups in total. The molecule has 0 radical (unpaired) electrons. The van der Waals surface area contributed by atoms with E-state index < -0.39 is 0 Å². The fourth-order valence-corrected chi connectivity index (χ4v) is 4.40. The van der Waals surface area contributed by atoms with E-state index in [1.54, 1.807) is 44.6 Å². The van der Waals surface area contributed by atoms with E-state index in [0.717, 1.165) is 42.2 Å². The summed E-state index contributed by atoms with van der Waals surface area (Å²) in [7, 11) is 1.63. The van der Waals surface area contributed by atoms with Gasteiger partial charge in [0, 0.05) is 55.5 Å². The minimum atomic E-state index is -0.238. The molecule has 1 aromatic heterocycles. The summed E-state index contributed by atoms with van der Waals surface area (Å²) in [6.45, 7) is 3.81. The van der Waals surface area contributed by atoms with Gasteiger partial charge in [0.2, 0.25) is 11.8 Å². The predicted molar refractivity (Wildman–Crippen MR) is 150 cm³/mol. The van der Waals surface area contributed by atoms with Gasteiger partial charge >= 0.3 is 0 Å². The maximum Gasteiger partial charge on any atom is 0.251 e. The number of methoxy groups -OCH3 is 1. The Morgan fingerprint density at radius 3 is 2.46 bits per heavy atom. The van der Waals surface area contributed by atoms with E-state index in [9.17, 15) is 14.4 Å². The van der Waals surface area contributed by atoms with Crippen molar-refractivity contribution in [1.82, 2.24) is 20.6 Å². The van der Waals surface area contributed by atoms with Gasteiger partial charge in [-0.3, -0.25) is 14.4 Å². The fourth-order valence-electron chi connectivity index (χ4n) is 4.40. The summed E-state index contributed by atoms with van der Waals surface area (Å²) in [4.78, 5) is 47.7. The van der Waals surface area contributed by atoms with Crippen LogP contribution in [0, 0.1) is 5.92 Å². The van der Waals surface area contributed by atoms with E-state index >= 15 is 0 Å². The van der Waals surface area contributed by atoms with E-state index in [0.29, 0.717) is 37.3 Å². The van der Waals surface area contributed by atoms with Crippen LogP contribution in [0.2, 0.25) is 0 Å². The van der Waals surface area contributed by atoms with Crippen LogP contribution in [0.25, 0.3) is 11.3 Å². The van der Waals surface area contributed by atoms with E-state index in [1.165, 1.54) is 0 Å². The highest BCUT2D eigenvalue weighted by Gasteiger charge is 2.26. The van der Waals surface area contributed by atoms with Crippen molar-refractivity contribution in [1.29, 1.82) is 0 Å². The van der Waals surface area contributed by atoms with E-state index in [1.807, 2.05) is 30.3 Å². The molecule has 1 aliphatic heterocycles. The van der Waals surface area contributed by atoms with Crippen LogP contribution in [0.5, 0.6) is 5.75 Å². The second kappa shape index (κ2) is 13.4. The summed E-state index contributed by atoms with van der Waals surface area (Å²) >= 11 is 0. The summed E-state index contributed by atoms with van der Waals surface area (Å²) in [5.74, 6) is 1.05. The van der Waals surface area contributed by atoms with Gasteiger partial charge in [-0.1, -0.05) is 6.92 Å². The van der Waals surface area contributed by atoms with Gasteiger partial charge in [0.15, 0.2) is 0 Å². The summed E-state index contributed by atoms with van der Waals surface area (Å²) < 4.78 is 5.23. The number of nitrogens with one attached hydrogen (secondary N) is 3. The predicted octanol–water partition coefficient (Wildman–Crippen LogP) is 3.26. The zero-order chi connectivity index (χ0) is 27.6. The molecule has 3 aromatic rings. The van der Waals surface area contributed by atoms with Gasteiger partial charge < -0.3 is 25.6 Å². The molecule has 1 unspecified atom stereocenters. The van der Waals surface area contributed by atoms with Gasteiger partial charge in [-0.05, 0) is 61.4 Å². The summed E-state index contributed by atoms with van der Waals surface area (Å²) in [5.41, 5.74) is 2.90. The molecule has 10 nitrogen and oxygen atoms in total. The Labute approximate surface area is 228 Å². The normalized spacial score (nSPS) is 14.8. The molecule has 4 rings (SSSR count). The first-order chi connectivity index (χ1) is 19.0. The van der Waals surface area contributed by atoms with Crippen LogP contribution in [0.15, 0.2) is 60.9 Å². The number of carbonyl (C=O) groups excluding carboxylic acids is 3. The smallest absolute Gasteiger partial charge is 0.251 e. The lowest BCUT2D eigenvalue weighted by Crippen LogP contribution is -2.45. The van der Waals surface area contributed by atoms with Crippen LogP contribution in [0.1, 0.15) is 36.5 Å². The molecule has 1 saturated heterocycles. The molecule has 2 heterocycles. The monoisotopic (exact) mass is 530 g/mol. The lowest BCUT2D eigenvalue weighted by atomic mass is 9.97. The van der Waals surface area contributed by atoms with E-state index in [-0.39, 0.29) is 23.6 Å². The SMILES string of the molecule is CCC(=O)Nc1ccc(C(=O)NCCNC(=O)C2CCCN(c3cc(-c4ccc(OC)cc4)ncn3)C2)cc1. The van der Waals surface area contributed by atoms with Crippen LogP contribution in [0.4, 0.5) is 11.5 Å². The van der Waals surface area contributed by atoms with Crippen molar-refractivity contribution in [2.45, 2.75) is 26.2 Å². The topological polar surface area (TPSA) is 126 Å². The van der Waals surface area contributed by atoms with E-state index in [4.69, 9.17) is 4.74 Å². The van der Waals surface area contributed by atoms with Crippen LogP contribution in [-0.2, 0) is 9.59 Å². The van der Waals surface area contributed by atoms with Crippen LogP contribution < -0.4 is 25.6 Å². The minimum Gasteiger partial charge on any atom is -0.497 e. The first-order valence-corrected chi connectivity index (χ1v) is 13.1. The molecule has 0 spiro atoms. The fraction of sp³-hybridized carbons (Fsp3) is 0.345. The zero-order valence-corrected chi connectivity index (χ0v) is 22.3. The Balaban J connectivity index is 1.24. The third kappa shape index (κ3) is 7.53. The van der Waals surface area contributed by atoms with E-state index in [2.05, 4.69) is 30.8 Å². The number of nitrogens with zero attached hydrogens (tertiary/aromatic N) is 3. The molecule has 1 fully saturated rings. The number of piperidine rings is 1. The van der Waals surface area contributed by atoms with Crippen LogP contribution in [-0.4, -0.2) is 61.0 Å². The number of ether oxygens (including phenoxy) is 1. The highest BCUT2D eigenvalue weighted by Crippen LogP contribution is 2.26. The maximum absolute atomic E-state index is 12.9. The number of amides is 3. The molecule has 3 amide bonds. The van der Waals surface area contributed by atoms with Crippen molar-refractivity contribution in [2.75, 3.05) is 43.5 Å².